The number of carbonyl (C=O) groups is 4. The van der Waals surface area contributed by atoms with Crippen molar-refractivity contribution in [2.75, 3.05) is 39.9 Å². The van der Waals surface area contributed by atoms with Crippen LogP contribution in [0, 0.1) is 0 Å². The lowest BCUT2D eigenvalue weighted by Gasteiger charge is -2.37. The summed E-state index contributed by atoms with van der Waals surface area (Å²) < 4.78 is 4.84. The molecule has 1 unspecified atom stereocenters. The minimum Gasteiger partial charge on any atom is -0.375 e. The molecule has 1 fully saturated rings. The molecule has 2 heterocycles. The first-order valence-electron chi connectivity index (χ1n) is 8.48. The molecule has 138 valence electrons. The summed E-state index contributed by atoms with van der Waals surface area (Å²) in [6, 6.07) is 5.68. The molecule has 26 heavy (non-hydrogen) atoms. The second-order valence-electron chi connectivity index (χ2n) is 6.34. The SMILES string of the molecule is COCC(=O)N1CCN(C(=O)C(C)N2C(=O)c3ccccc3C2=O)CC1. The lowest BCUT2D eigenvalue weighted by molar-refractivity contribution is -0.143. The molecule has 0 aliphatic carbocycles. The van der Waals surface area contributed by atoms with E-state index in [0.717, 1.165) is 4.90 Å². The van der Waals surface area contributed by atoms with E-state index in [0.29, 0.717) is 37.3 Å². The smallest absolute Gasteiger partial charge is 0.262 e. The van der Waals surface area contributed by atoms with Crippen molar-refractivity contribution < 1.29 is 23.9 Å². The largest absolute Gasteiger partial charge is 0.375 e. The molecule has 8 heteroatoms. The zero-order chi connectivity index (χ0) is 18.8. The fraction of sp³-hybridized carbons (Fsp3) is 0.444. The summed E-state index contributed by atoms with van der Waals surface area (Å²) in [4.78, 5) is 53.9. The van der Waals surface area contributed by atoms with Gasteiger partial charge in [0.1, 0.15) is 12.6 Å². The third-order valence-electron chi connectivity index (χ3n) is 4.78. The fourth-order valence-corrected chi connectivity index (χ4v) is 3.33. The molecule has 0 bridgehead atoms. The van der Waals surface area contributed by atoms with Crippen LogP contribution in [-0.4, -0.2) is 84.3 Å². The minimum absolute atomic E-state index is 0.0133. The molecule has 1 aromatic rings. The van der Waals surface area contributed by atoms with Crippen molar-refractivity contribution in [3.63, 3.8) is 0 Å². The van der Waals surface area contributed by atoms with E-state index in [1.54, 1.807) is 41.0 Å². The maximum Gasteiger partial charge on any atom is 0.262 e. The number of methoxy groups -OCH3 is 1. The van der Waals surface area contributed by atoms with Gasteiger partial charge in [0.15, 0.2) is 0 Å². The first-order valence-corrected chi connectivity index (χ1v) is 8.48. The van der Waals surface area contributed by atoms with Crippen molar-refractivity contribution in [3.05, 3.63) is 35.4 Å². The lowest BCUT2D eigenvalue weighted by atomic mass is 10.1. The van der Waals surface area contributed by atoms with Gasteiger partial charge in [0.2, 0.25) is 11.8 Å². The number of benzene rings is 1. The van der Waals surface area contributed by atoms with Gasteiger partial charge in [-0.1, -0.05) is 12.1 Å². The minimum atomic E-state index is -0.886. The van der Waals surface area contributed by atoms with E-state index in [4.69, 9.17) is 4.74 Å². The van der Waals surface area contributed by atoms with Crippen molar-refractivity contribution >= 4 is 23.6 Å². The molecule has 1 atom stereocenters. The molecule has 0 radical (unpaired) electrons. The highest BCUT2D eigenvalue weighted by atomic mass is 16.5. The lowest BCUT2D eigenvalue weighted by Crippen LogP contribution is -2.56. The van der Waals surface area contributed by atoms with Gasteiger partial charge in [-0.3, -0.25) is 24.1 Å². The van der Waals surface area contributed by atoms with Gasteiger partial charge < -0.3 is 14.5 Å². The molecule has 0 spiro atoms. The molecule has 2 aliphatic rings. The van der Waals surface area contributed by atoms with Crippen LogP contribution in [0.25, 0.3) is 0 Å². The zero-order valence-corrected chi connectivity index (χ0v) is 14.8. The van der Waals surface area contributed by atoms with E-state index in [-0.39, 0.29) is 18.4 Å². The number of ether oxygens (including phenoxy) is 1. The van der Waals surface area contributed by atoms with Crippen molar-refractivity contribution in [1.29, 1.82) is 0 Å². The maximum atomic E-state index is 12.8. The van der Waals surface area contributed by atoms with Crippen molar-refractivity contribution in [1.82, 2.24) is 14.7 Å². The number of hydrogen-bond acceptors (Lipinski definition) is 5. The molecule has 0 N–H and O–H groups in total. The molecular formula is C18H21N3O5. The second-order valence-corrected chi connectivity index (χ2v) is 6.34. The van der Waals surface area contributed by atoms with Crippen molar-refractivity contribution in [2.24, 2.45) is 0 Å². The standard InChI is InChI=1S/C18H21N3O5/c1-12(21-17(24)13-5-3-4-6-14(13)18(21)25)16(23)20-9-7-19(8-10-20)15(22)11-26-2/h3-6,12H,7-11H2,1-2H3. The monoisotopic (exact) mass is 359 g/mol. The zero-order valence-electron chi connectivity index (χ0n) is 14.8. The summed E-state index contributed by atoms with van der Waals surface area (Å²) in [5.41, 5.74) is 0.652. The Labute approximate surface area is 151 Å². The Balaban J connectivity index is 1.66. The van der Waals surface area contributed by atoms with Crippen LogP contribution >= 0.6 is 0 Å². The van der Waals surface area contributed by atoms with E-state index in [2.05, 4.69) is 0 Å². The molecule has 0 aromatic heterocycles. The van der Waals surface area contributed by atoms with Crippen LogP contribution in [0.15, 0.2) is 24.3 Å². The number of hydrogen-bond donors (Lipinski definition) is 0. The number of amides is 4. The van der Waals surface area contributed by atoms with Crippen LogP contribution in [0.5, 0.6) is 0 Å². The Kier molecular flexibility index (Phi) is 5.03. The van der Waals surface area contributed by atoms with E-state index >= 15 is 0 Å². The van der Waals surface area contributed by atoms with Crippen molar-refractivity contribution in [2.45, 2.75) is 13.0 Å². The van der Waals surface area contributed by atoms with Gasteiger partial charge in [-0.15, -0.1) is 0 Å². The molecule has 1 saturated heterocycles. The van der Waals surface area contributed by atoms with Crippen LogP contribution in [-0.2, 0) is 14.3 Å². The summed E-state index contributed by atoms with van der Waals surface area (Å²) in [6.45, 7) is 3.11. The van der Waals surface area contributed by atoms with Crippen molar-refractivity contribution in [3.8, 4) is 0 Å². The third-order valence-corrected chi connectivity index (χ3v) is 4.78. The average molecular weight is 359 g/mol. The Morgan fingerprint density at radius 2 is 1.50 bits per heavy atom. The normalized spacial score (nSPS) is 18.2. The predicted octanol–water partition coefficient (Wildman–Crippen LogP) is -0.0117. The average Bonchev–Trinajstić information content (AvgIpc) is 2.92. The summed E-state index contributed by atoms with van der Waals surface area (Å²) in [6.07, 6.45) is 0. The van der Waals surface area contributed by atoms with Gasteiger partial charge in [-0.2, -0.15) is 0 Å². The Bertz CT molecular complexity index is 720. The fourth-order valence-electron chi connectivity index (χ4n) is 3.33. The molecule has 1 aromatic carbocycles. The number of imide groups is 1. The van der Waals surface area contributed by atoms with Crippen LogP contribution in [0.3, 0.4) is 0 Å². The molecule has 2 aliphatic heterocycles. The van der Waals surface area contributed by atoms with Crippen LogP contribution < -0.4 is 0 Å². The van der Waals surface area contributed by atoms with Gasteiger partial charge >= 0.3 is 0 Å². The molecule has 4 amide bonds. The van der Waals surface area contributed by atoms with Gasteiger partial charge in [-0.05, 0) is 19.1 Å². The summed E-state index contributed by atoms with van der Waals surface area (Å²) in [5, 5.41) is 0. The Morgan fingerprint density at radius 3 is 2.00 bits per heavy atom. The molecule has 0 saturated carbocycles. The summed E-state index contributed by atoms with van der Waals surface area (Å²) in [5.74, 6) is -1.30. The maximum absolute atomic E-state index is 12.8. The highest BCUT2D eigenvalue weighted by molar-refractivity contribution is 6.22. The van der Waals surface area contributed by atoms with E-state index < -0.39 is 17.9 Å². The molecule has 8 nitrogen and oxygen atoms in total. The second kappa shape index (κ2) is 7.25. The Hall–Kier alpha value is -2.74. The first-order chi connectivity index (χ1) is 12.5. The number of fused-ring (bicyclic) bond motifs is 1. The van der Waals surface area contributed by atoms with E-state index in [1.807, 2.05) is 0 Å². The third kappa shape index (κ3) is 3.08. The number of nitrogens with zero attached hydrogens (tertiary/aromatic N) is 3. The highest BCUT2D eigenvalue weighted by Gasteiger charge is 2.42. The van der Waals surface area contributed by atoms with Crippen LogP contribution in [0.1, 0.15) is 27.6 Å². The summed E-state index contributed by atoms with van der Waals surface area (Å²) in [7, 11) is 1.46. The molecule has 3 rings (SSSR count). The van der Waals surface area contributed by atoms with Crippen LogP contribution in [0.2, 0.25) is 0 Å². The first kappa shape index (κ1) is 18.1. The van der Waals surface area contributed by atoms with E-state index in [9.17, 15) is 19.2 Å². The van der Waals surface area contributed by atoms with Gasteiger partial charge in [-0.25, -0.2) is 0 Å². The van der Waals surface area contributed by atoms with Gasteiger partial charge in [0.05, 0.1) is 11.1 Å². The van der Waals surface area contributed by atoms with Gasteiger partial charge in [0.25, 0.3) is 11.8 Å². The number of carbonyl (C=O) groups excluding carboxylic acids is 4. The quantitative estimate of drug-likeness (QED) is 0.706. The number of rotatable bonds is 4. The highest BCUT2D eigenvalue weighted by Crippen LogP contribution is 2.25. The molecular weight excluding hydrogens is 338 g/mol. The van der Waals surface area contributed by atoms with Gasteiger partial charge in [0, 0.05) is 33.3 Å². The summed E-state index contributed by atoms with van der Waals surface area (Å²) >= 11 is 0. The Morgan fingerprint density at radius 1 is 1.00 bits per heavy atom. The van der Waals surface area contributed by atoms with E-state index in [1.165, 1.54) is 7.11 Å². The number of piperazine rings is 1. The predicted molar refractivity (Wildman–Crippen MR) is 91.4 cm³/mol. The van der Waals surface area contributed by atoms with Crippen LogP contribution in [0.4, 0.5) is 0 Å². The topological polar surface area (TPSA) is 87.2 Å².